The fraction of sp³-hybridized carbons (Fsp3) is 0.588. The number of piperidine rings is 1. The molecule has 1 fully saturated rings. The van der Waals surface area contributed by atoms with Crippen molar-refractivity contribution in [2.24, 2.45) is 5.92 Å². The number of aliphatic hydroxyl groups excluding tert-OH is 1. The van der Waals surface area contributed by atoms with Crippen LogP contribution in [0.5, 0.6) is 0 Å². The SMILES string of the molecule is Cc1cccc(CCNC(=O)N2CCCC(C(C)O)C2)c1. The van der Waals surface area contributed by atoms with Gasteiger partial charge >= 0.3 is 6.03 Å². The fourth-order valence-corrected chi connectivity index (χ4v) is 2.88. The molecule has 1 aromatic rings. The highest BCUT2D eigenvalue weighted by atomic mass is 16.3. The van der Waals surface area contributed by atoms with Crippen molar-refractivity contribution in [3.8, 4) is 0 Å². The lowest BCUT2D eigenvalue weighted by Gasteiger charge is -2.34. The van der Waals surface area contributed by atoms with Crippen LogP contribution in [0.25, 0.3) is 0 Å². The van der Waals surface area contributed by atoms with Crippen molar-refractivity contribution in [1.82, 2.24) is 10.2 Å². The number of carbonyl (C=O) groups excluding carboxylic acids is 1. The number of nitrogens with one attached hydrogen (secondary N) is 1. The molecule has 1 aliphatic heterocycles. The molecule has 2 N–H and O–H groups in total. The van der Waals surface area contributed by atoms with Gasteiger partial charge < -0.3 is 15.3 Å². The van der Waals surface area contributed by atoms with E-state index >= 15 is 0 Å². The van der Waals surface area contributed by atoms with E-state index in [9.17, 15) is 9.90 Å². The number of likely N-dealkylation sites (tertiary alicyclic amines) is 1. The minimum absolute atomic E-state index is 0.00648. The van der Waals surface area contributed by atoms with E-state index < -0.39 is 0 Å². The lowest BCUT2D eigenvalue weighted by molar-refractivity contribution is 0.0740. The number of benzene rings is 1. The van der Waals surface area contributed by atoms with Crippen molar-refractivity contribution < 1.29 is 9.90 Å². The minimum atomic E-state index is -0.340. The normalized spacial score (nSPS) is 20.1. The van der Waals surface area contributed by atoms with Gasteiger partial charge in [-0.25, -0.2) is 4.79 Å². The maximum atomic E-state index is 12.2. The van der Waals surface area contributed by atoms with E-state index in [1.54, 1.807) is 0 Å². The van der Waals surface area contributed by atoms with Crippen LogP contribution in [0.15, 0.2) is 24.3 Å². The number of rotatable bonds is 4. The molecule has 116 valence electrons. The Morgan fingerprint density at radius 1 is 1.52 bits per heavy atom. The summed E-state index contributed by atoms with van der Waals surface area (Å²) in [4.78, 5) is 14.0. The largest absolute Gasteiger partial charge is 0.393 e. The summed E-state index contributed by atoms with van der Waals surface area (Å²) < 4.78 is 0. The number of aryl methyl sites for hydroxylation is 1. The summed E-state index contributed by atoms with van der Waals surface area (Å²) in [6.07, 6.45) is 2.49. The summed E-state index contributed by atoms with van der Waals surface area (Å²) in [6.45, 7) is 5.99. The van der Waals surface area contributed by atoms with Crippen molar-refractivity contribution >= 4 is 6.03 Å². The van der Waals surface area contributed by atoms with Crippen molar-refractivity contribution in [3.63, 3.8) is 0 Å². The molecule has 2 rings (SSSR count). The number of nitrogens with zero attached hydrogens (tertiary/aromatic N) is 1. The molecule has 0 aliphatic carbocycles. The topological polar surface area (TPSA) is 52.6 Å². The predicted octanol–water partition coefficient (Wildman–Crippen LogP) is 2.34. The van der Waals surface area contributed by atoms with Crippen LogP contribution in [0.4, 0.5) is 4.79 Å². The van der Waals surface area contributed by atoms with Crippen molar-refractivity contribution in [3.05, 3.63) is 35.4 Å². The van der Waals surface area contributed by atoms with E-state index in [2.05, 4.69) is 30.4 Å². The molecular weight excluding hydrogens is 264 g/mol. The van der Waals surface area contributed by atoms with Crippen LogP contribution in [-0.2, 0) is 6.42 Å². The molecule has 21 heavy (non-hydrogen) atoms. The first-order valence-corrected chi connectivity index (χ1v) is 7.82. The predicted molar refractivity (Wildman–Crippen MR) is 84.3 cm³/mol. The summed E-state index contributed by atoms with van der Waals surface area (Å²) in [7, 11) is 0. The first-order valence-electron chi connectivity index (χ1n) is 7.82. The van der Waals surface area contributed by atoms with Crippen LogP contribution in [0.3, 0.4) is 0 Å². The van der Waals surface area contributed by atoms with E-state index in [1.165, 1.54) is 11.1 Å². The van der Waals surface area contributed by atoms with Gasteiger partial charge in [0.2, 0.25) is 0 Å². The molecule has 0 spiro atoms. The summed E-state index contributed by atoms with van der Waals surface area (Å²) in [5, 5.41) is 12.7. The van der Waals surface area contributed by atoms with E-state index in [-0.39, 0.29) is 18.1 Å². The van der Waals surface area contributed by atoms with E-state index in [4.69, 9.17) is 0 Å². The van der Waals surface area contributed by atoms with Crippen LogP contribution >= 0.6 is 0 Å². The van der Waals surface area contributed by atoms with Crippen molar-refractivity contribution in [1.29, 1.82) is 0 Å². The molecule has 0 saturated carbocycles. The highest BCUT2D eigenvalue weighted by molar-refractivity contribution is 5.74. The second kappa shape index (κ2) is 7.46. The zero-order valence-corrected chi connectivity index (χ0v) is 13.0. The Bertz CT molecular complexity index is 474. The molecule has 4 nitrogen and oxygen atoms in total. The molecule has 0 aromatic heterocycles. The van der Waals surface area contributed by atoms with Crippen LogP contribution < -0.4 is 5.32 Å². The van der Waals surface area contributed by atoms with Crippen LogP contribution in [0, 0.1) is 12.8 Å². The monoisotopic (exact) mass is 290 g/mol. The molecule has 1 aliphatic rings. The number of hydrogen-bond donors (Lipinski definition) is 2. The Balaban J connectivity index is 1.76. The summed E-state index contributed by atoms with van der Waals surface area (Å²) in [5.41, 5.74) is 2.49. The van der Waals surface area contributed by atoms with E-state index in [1.807, 2.05) is 17.9 Å². The minimum Gasteiger partial charge on any atom is -0.393 e. The maximum Gasteiger partial charge on any atom is 0.317 e. The highest BCUT2D eigenvalue weighted by Crippen LogP contribution is 2.19. The van der Waals surface area contributed by atoms with Gasteiger partial charge in [-0.05, 0) is 38.7 Å². The van der Waals surface area contributed by atoms with Crippen LogP contribution in [-0.4, -0.2) is 41.8 Å². The maximum absolute atomic E-state index is 12.2. The van der Waals surface area contributed by atoms with Crippen LogP contribution in [0.1, 0.15) is 30.9 Å². The number of urea groups is 1. The smallest absolute Gasteiger partial charge is 0.317 e. The van der Waals surface area contributed by atoms with Gasteiger partial charge in [-0.1, -0.05) is 29.8 Å². The zero-order valence-electron chi connectivity index (χ0n) is 13.0. The molecular formula is C17H26N2O2. The first-order chi connectivity index (χ1) is 10.1. The van der Waals surface area contributed by atoms with Gasteiger partial charge in [0, 0.05) is 25.6 Å². The third kappa shape index (κ3) is 4.74. The Morgan fingerprint density at radius 3 is 3.05 bits per heavy atom. The number of carbonyl (C=O) groups is 1. The van der Waals surface area contributed by atoms with Gasteiger partial charge in [0.05, 0.1) is 6.10 Å². The Hall–Kier alpha value is -1.55. The first kappa shape index (κ1) is 15.8. The molecule has 1 heterocycles. The van der Waals surface area contributed by atoms with Gasteiger partial charge in [-0.15, -0.1) is 0 Å². The molecule has 1 saturated heterocycles. The summed E-state index contributed by atoms with van der Waals surface area (Å²) >= 11 is 0. The molecule has 0 radical (unpaired) electrons. The molecule has 2 atom stereocenters. The molecule has 1 aromatic carbocycles. The molecule has 0 bridgehead atoms. The number of hydrogen-bond acceptors (Lipinski definition) is 2. The van der Waals surface area contributed by atoms with Crippen molar-refractivity contribution in [2.75, 3.05) is 19.6 Å². The fourth-order valence-electron chi connectivity index (χ4n) is 2.88. The van der Waals surface area contributed by atoms with Gasteiger partial charge in [0.15, 0.2) is 0 Å². The average Bonchev–Trinajstić information content (AvgIpc) is 2.47. The second-order valence-electron chi connectivity index (χ2n) is 6.06. The molecule has 2 unspecified atom stereocenters. The Morgan fingerprint density at radius 2 is 2.33 bits per heavy atom. The lowest BCUT2D eigenvalue weighted by Crippen LogP contribution is -2.47. The van der Waals surface area contributed by atoms with Gasteiger partial charge in [0.1, 0.15) is 0 Å². The third-order valence-electron chi connectivity index (χ3n) is 4.20. The molecule has 2 amide bonds. The Labute approximate surface area is 127 Å². The third-order valence-corrected chi connectivity index (χ3v) is 4.20. The standard InChI is InChI=1S/C17H26N2O2/c1-13-5-3-6-15(11-13)8-9-18-17(21)19-10-4-7-16(12-19)14(2)20/h3,5-6,11,14,16,20H,4,7-10,12H2,1-2H3,(H,18,21). The number of aliphatic hydroxyl groups is 1. The van der Waals surface area contributed by atoms with Crippen molar-refractivity contribution in [2.45, 2.75) is 39.2 Å². The Kier molecular flexibility index (Phi) is 5.62. The summed E-state index contributed by atoms with van der Waals surface area (Å²) in [6, 6.07) is 8.35. The second-order valence-corrected chi connectivity index (χ2v) is 6.06. The number of amides is 2. The highest BCUT2D eigenvalue weighted by Gasteiger charge is 2.26. The lowest BCUT2D eigenvalue weighted by atomic mass is 9.94. The summed E-state index contributed by atoms with van der Waals surface area (Å²) in [5.74, 6) is 0.210. The van der Waals surface area contributed by atoms with Gasteiger partial charge in [-0.2, -0.15) is 0 Å². The van der Waals surface area contributed by atoms with E-state index in [0.717, 1.165) is 25.8 Å². The quantitative estimate of drug-likeness (QED) is 0.894. The molecule has 4 heteroatoms. The zero-order chi connectivity index (χ0) is 15.2. The van der Waals surface area contributed by atoms with Gasteiger partial charge in [0.25, 0.3) is 0 Å². The average molecular weight is 290 g/mol. The van der Waals surface area contributed by atoms with Crippen LogP contribution in [0.2, 0.25) is 0 Å². The van der Waals surface area contributed by atoms with E-state index in [0.29, 0.717) is 13.1 Å². The van der Waals surface area contributed by atoms with Gasteiger partial charge in [-0.3, -0.25) is 0 Å².